The number of piperidine rings is 1. The number of hydrogen-bond donors (Lipinski definition) is 0. The van der Waals surface area contributed by atoms with Gasteiger partial charge in [-0.25, -0.2) is 0 Å². The van der Waals surface area contributed by atoms with Gasteiger partial charge in [0.2, 0.25) is 0 Å². The maximum absolute atomic E-state index is 13.0. The molecule has 0 spiro atoms. The summed E-state index contributed by atoms with van der Waals surface area (Å²) in [6, 6.07) is 0. The summed E-state index contributed by atoms with van der Waals surface area (Å²) in [5.74, 6) is 2.40. The number of nitrogens with zero attached hydrogens (tertiary/aromatic N) is 3. The predicted molar refractivity (Wildman–Crippen MR) is 143 cm³/mol. The molecular weight excluding hydrogens is 465 g/mol. The molecule has 6 heteroatoms. The summed E-state index contributed by atoms with van der Waals surface area (Å²) >= 11 is 12.7. The van der Waals surface area contributed by atoms with E-state index in [4.69, 9.17) is 23.2 Å². The highest BCUT2D eigenvalue weighted by Crippen LogP contribution is 2.35. The lowest BCUT2D eigenvalue weighted by atomic mass is 9.86. The van der Waals surface area contributed by atoms with Gasteiger partial charge >= 0.3 is 0 Å². The van der Waals surface area contributed by atoms with Crippen LogP contribution in [0.4, 0.5) is 5.69 Å². The Morgan fingerprint density at radius 3 is 1.91 bits per heavy atom. The van der Waals surface area contributed by atoms with Crippen molar-refractivity contribution in [2.75, 3.05) is 37.6 Å². The molecule has 0 atom stereocenters. The van der Waals surface area contributed by atoms with Gasteiger partial charge in [-0.05, 0) is 63.3 Å². The van der Waals surface area contributed by atoms with E-state index in [0.29, 0.717) is 15.8 Å². The third-order valence-corrected chi connectivity index (χ3v) is 9.03. The number of aromatic nitrogens is 1. The van der Waals surface area contributed by atoms with Crippen LogP contribution in [0.5, 0.6) is 0 Å². The van der Waals surface area contributed by atoms with Crippen molar-refractivity contribution in [1.82, 2.24) is 9.88 Å². The number of rotatable bonds is 10. The number of pyridine rings is 1. The van der Waals surface area contributed by atoms with Crippen LogP contribution in [0.15, 0.2) is 12.4 Å². The molecule has 4 nitrogen and oxygen atoms in total. The van der Waals surface area contributed by atoms with E-state index in [-0.39, 0.29) is 5.92 Å². The molecule has 3 aliphatic rings. The molecule has 1 saturated heterocycles. The second-order valence-corrected chi connectivity index (χ2v) is 11.9. The Hall–Kier alpha value is -0.840. The molecule has 2 aliphatic carbocycles. The van der Waals surface area contributed by atoms with E-state index in [1.807, 2.05) is 0 Å². The zero-order valence-electron chi connectivity index (χ0n) is 20.8. The molecule has 0 radical (unpaired) electrons. The van der Waals surface area contributed by atoms with Crippen molar-refractivity contribution >= 4 is 34.7 Å². The molecule has 1 aromatic heterocycles. The first-order valence-electron chi connectivity index (χ1n) is 13.9. The summed E-state index contributed by atoms with van der Waals surface area (Å²) in [5, 5.41) is 1.18. The lowest BCUT2D eigenvalue weighted by Crippen LogP contribution is -2.38. The van der Waals surface area contributed by atoms with Crippen LogP contribution in [-0.4, -0.2) is 48.4 Å². The predicted octanol–water partition coefficient (Wildman–Crippen LogP) is 7.42. The van der Waals surface area contributed by atoms with Crippen LogP contribution in [0.1, 0.15) is 89.9 Å². The van der Waals surface area contributed by atoms with Gasteiger partial charge in [-0.15, -0.1) is 0 Å². The van der Waals surface area contributed by atoms with Crippen molar-refractivity contribution in [2.45, 2.75) is 89.9 Å². The van der Waals surface area contributed by atoms with Crippen LogP contribution in [0.3, 0.4) is 0 Å². The van der Waals surface area contributed by atoms with E-state index >= 15 is 0 Å². The third-order valence-electron chi connectivity index (χ3n) is 8.47. The molecule has 34 heavy (non-hydrogen) atoms. The van der Waals surface area contributed by atoms with E-state index in [0.717, 1.165) is 62.8 Å². The van der Waals surface area contributed by atoms with E-state index in [1.54, 1.807) is 12.4 Å². The van der Waals surface area contributed by atoms with Crippen molar-refractivity contribution in [1.29, 1.82) is 0 Å². The summed E-state index contributed by atoms with van der Waals surface area (Å²) in [6.07, 6.45) is 20.9. The highest BCUT2D eigenvalue weighted by atomic mass is 35.5. The minimum atomic E-state index is 0.181. The second-order valence-electron chi connectivity index (χ2n) is 11.1. The molecule has 3 fully saturated rings. The van der Waals surface area contributed by atoms with Crippen LogP contribution in [0, 0.1) is 17.8 Å². The summed E-state index contributed by atoms with van der Waals surface area (Å²) in [5.41, 5.74) is 0.866. The average Bonchev–Trinajstić information content (AvgIpc) is 2.85. The van der Waals surface area contributed by atoms with Crippen LogP contribution >= 0.6 is 23.2 Å². The van der Waals surface area contributed by atoms with Gasteiger partial charge in [0.1, 0.15) is 5.78 Å². The molecule has 2 saturated carbocycles. The van der Waals surface area contributed by atoms with Gasteiger partial charge in [0.05, 0.1) is 15.7 Å². The van der Waals surface area contributed by atoms with Crippen molar-refractivity contribution in [3.63, 3.8) is 0 Å². The van der Waals surface area contributed by atoms with Gasteiger partial charge in [0.25, 0.3) is 0 Å². The fourth-order valence-electron chi connectivity index (χ4n) is 6.54. The number of ketones is 1. The van der Waals surface area contributed by atoms with Gasteiger partial charge in [-0.2, -0.15) is 0 Å². The smallest absolute Gasteiger partial charge is 0.136 e. The first-order chi connectivity index (χ1) is 16.6. The van der Waals surface area contributed by atoms with E-state index in [1.165, 1.54) is 77.3 Å². The lowest BCUT2D eigenvalue weighted by Gasteiger charge is -2.34. The van der Waals surface area contributed by atoms with Crippen LogP contribution in [-0.2, 0) is 4.79 Å². The normalized spacial score (nSPS) is 21.3. The van der Waals surface area contributed by atoms with Gasteiger partial charge < -0.3 is 9.80 Å². The average molecular weight is 509 g/mol. The Morgan fingerprint density at radius 1 is 0.853 bits per heavy atom. The molecule has 2 heterocycles. The fourth-order valence-corrected chi connectivity index (χ4v) is 7.14. The number of anilines is 1. The molecule has 0 unspecified atom stereocenters. The number of Topliss-reactive ketones (excluding diaryl/α,β-unsaturated/α-hetero) is 1. The topological polar surface area (TPSA) is 36.4 Å². The van der Waals surface area contributed by atoms with Crippen LogP contribution in [0.25, 0.3) is 0 Å². The largest absolute Gasteiger partial charge is 0.369 e. The van der Waals surface area contributed by atoms with Crippen molar-refractivity contribution in [3.05, 3.63) is 22.4 Å². The molecule has 190 valence electrons. The molecule has 0 amide bonds. The highest BCUT2D eigenvalue weighted by molar-refractivity contribution is 6.38. The van der Waals surface area contributed by atoms with Crippen LogP contribution < -0.4 is 4.90 Å². The summed E-state index contributed by atoms with van der Waals surface area (Å²) in [7, 11) is 0. The highest BCUT2D eigenvalue weighted by Gasteiger charge is 2.27. The Labute approximate surface area is 216 Å². The maximum atomic E-state index is 13.0. The first kappa shape index (κ1) is 26.2. The Bertz CT molecular complexity index is 729. The number of hydrogen-bond acceptors (Lipinski definition) is 4. The van der Waals surface area contributed by atoms with Gasteiger partial charge in [0.15, 0.2) is 0 Å². The van der Waals surface area contributed by atoms with Crippen molar-refractivity contribution < 1.29 is 4.79 Å². The van der Waals surface area contributed by atoms with Gasteiger partial charge in [0, 0.05) is 50.9 Å². The fraction of sp³-hybridized carbons (Fsp3) is 0.786. The third kappa shape index (κ3) is 7.58. The summed E-state index contributed by atoms with van der Waals surface area (Å²) in [6.45, 7) is 5.28. The molecule has 4 rings (SSSR count). The van der Waals surface area contributed by atoms with Crippen molar-refractivity contribution in [2.24, 2.45) is 17.8 Å². The molecular formula is C28H43Cl2N3O. The summed E-state index contributed by atoms with van der Waals surface area (Å²) < 4.78 is 0. The minimum Gasteiger partial charge on any atom is -0.369 e. The molecule has 0 N–H and O–H groups in total. The Balaban J connectivity index is 1.22. The molecule has 1 aromatic rings. The zero-order chi connectivity index (χ0) is 23.8. The quantitative estimate of drug-likeness (QED) is 0.330. The number of carbonyl (C=O) groups is 1. The standard InChI is InChI=1S/C28H43Cl2N3O/c29-25-18-31-19-26(30)28(25)33-16-13-24(14-17-33)27(34)12-7-15-32(20-22-8-3-1-4-9-22)21-23-10-5-2-6-11-23/h18-19,22-24H,1-17,20-21H2. The lowest BCUT2D eigenvalue weighted by molar-refractivity contribution is -0.123. The van der Waals surface area contributed by atoms with E-state index in [9.17, 15) is 4.79 Å². The Morgan fingerprint density at radius 2 is 1.38 bits per heavy atom. The van der Waals surface area contributed by atoms with E-state index < -0.39 is 0 Å². The van der Waals surface area contributed by atoms with E-state index in [2.05, 4.69) is 14.8 Å². The number of carbonyl (C=O) groups excluding carboxylic acids is 1. The Kier molecular flexibility index (Phi) is 10.4. The molecule has 1 aliphatic heterocycles. The SMILES string of the molecule is O=C(CCCN(CC1CCCCC1)CC1CCCCC1)C1CCN(c2c(Cl)cncc2Cl)CC1. The maximum Gasteiger partial charge on any atom is 0.136 e. The van der Waals surface area contributed by atoms with Gasteiger partial charge in [-0.1, -0.05) is 61.7 Å². The second kappa shape index (κ2) is 13.5. The van der Waals surface area contributed by atoms with Crippen molar-refractivity contribution in [3.8, 4) is 0 Å². The minimum absolute atomic E-state index is 0.181. The van der Waals surface area contributed by atoms with Crippen LogP contribution in [0.2, 0.25) is 10.0 Å². The molecule has 0 bridgehead atoms. The monoisotopic (exact) mass is 507 g/mol. The molecule has 0 aromatic carbocycles. The zero-order valence-corrected chi connectivity index (χ0v) is 22.3. The van der Waals surface area contributed by atoms with Gasteiger partial charge in [-0.3, -0.25) is 9.78 Å². The number of halogens is 2. The summed E-state index contributed by atoms with van der Waals surface area (Å²) in [4.78, 5) is 22.1. The first-order valence-corrected chi connectivity index (χ1v) is 14.6.